The molecule has 2 heterocycles. The molecule has 0 radical (unpaired) electrons. The summed E-state index contributed by atoms with van der Waals surface area (Å²) in [7, 11) is 0. The van der Waals surface area contributed by atoms with Crippen molar-refractivity contribution >= 4 is 57.2 Å². The fourth-order valence-electron chi connectivity index (χ4n) is 1.86. The second-order valence-corrected chi connectivity index (χ2v) is 6.52. The van der Waals surface area contributed by atoms with E-state index < -0.39 is 11.7 Å². The summed E-state index contributed by atoms with van der Waals surface area (Å²) in [6, 6.07) is 2.50. The Morgan fingerprint density at radius 1 is 1.33 bits per heavy atom. The Labute approximate surface area is 154 Å². The fourth-order valence-corrected chi connectivity index (χ4v) is 3.46. The molecule has 2 aromatic heterocycles. The first-order valence-electron chi connectivity index (χ1n) is 6.36. The molecule has 0 bridgehead atoms. The highest BCUT2D eigenvalue weighted by atomic mass is 35.5. The van der Waals surface area contributed by atoms with Gasteiger partial charge in [0.1, 0.15) is 24.4 Å². The average molecular weight is 407 g/mol. The van der Waals surface area contributed by atoms with E-state index in [2.05, 4.69) is 20.4 Å². The number of nitrogens with zero attached hydrogens (tertiary/aromatic N) is 4. The summed E-state index contributed by atoms with van der Waals surface area (Å²) in [5, 5.41) is 6.96. The van der Waals surface area contributed by atoms with Crippen LogP contribution in [0.25, 0.3) is 16.3 Å². The summed E-state index contributed by atoms with van der Waals surface area (Å²) in [5.74, 6) is -0.925. The van der Waals surface area contributed by atoms with Gasteiger partial charge in [-0.15, -0.1) is 11.6 Å². The van der Waals surface area contributed by atoms with Gasteiger partial charge in [0, 0.05) is 5.56 Å². The first-order valence-corrected chi connectivity index (χ1v) is 8.47. The summed E-state index contributed by atoms with van der Waals surface area (Å²) >= 11 is 18.5. The molecule has 0 saturated heterocycles. The van der Waals surface area contributed by atoms with Gasteiger partial charge in [-0.2, -0.15) is 10.1 Å². The molecule has 0 aliphatic rings. The Kier molecular flexibility index (Phi) is 5.00. The lowest BCUT2D eigenvalue weighted by molar-refractivity contribution is -0.113. The van der Waals surface area contributed by atoms with Crippen LogP contribution in [0.1, 0.15) is 0 Å². The number of hydrogen-bond acceptors (Lipinski definition) is 5. The molecule has 0 spiro atoms. The van der Waals surface area contributed by atoms with Crippen molar-refractivity contribution in [3.63, 3.8) is 0 Å². The molecule has 0 saturated carbocycles. The molecule has 3 aromatic rings. The van der Waals surface area contributed by atoms with Crippen LogP contribution in [0.4, 0.5) is 9.52 Å². The van der Waals surface area contributed by atoms with Crippen LogP contribution in [0.3, 0.4) is 0 Å². The Morgan fingerprint density at radius 3 is 2.79 bits per heavy atom. The van der Waals surface area contributed by atoms with Crippen molar-refractivity contribution in [2.24, 2.45) is 0 Å². The zero-order chi connectivity index (χ0) is 17.3. The zero-order valence-electron chi connectivity index (χ0n) is 11.6. The number of nitrogens with one attached hydrogen (secondary N) is 1. The standard InChI is InChI=1S/C13H7Cl3FN5OS/c14-3-10(23)20-13-21-12(22-5-18-4-19-22)11(24-13)6-1-9(17)8(16)2-7(6)15/h1-2,4-5H,3H2,(H,20,21,23). The van der Waals surface area contributed by atoms with Crippen LogP contribution < -0.4 is 5.32 Å². The molecule has 24 heavy (non-hydrogen) atoms. The Bertz CT molecular complexity index is 899. The third-order valence-corrected chi connectivity index (χ3v) is 4.71. The van der Waals surface area contributed by atoms with E-state index in [0.717, 1.165) is 11.3 Å². The second-order valence-electron chi connectivity index (χ2n) is 4.44. The van der Waals surface area contributed by atoms with Crippen LogP contribution in [0.15, 0.2) is 24.8 Å². The van der Waals surface area contributed by atoms with Gasteiger partial charge in [0.2, 0.25) is 5.91 Å². The van der Waals surface area contributed by atoms with E-state index in [4.69, 9.17) is 34.8 Å². The zero-order valence-corrected chi connectivity index (χ0v) is 14.7. The van der Waals surface area contributed by atoms with Crippen molar-refractivity contribution in [2.45, 2.75) is 0 Å². The Balaban J connectivity index is 2.15. The van der Waals surface area contributed by atoms with Crippen molar-refractivity contribution < 1.29 is 9.18 Å². The highest BCUT2D eigenvalue weighted by Crippen LogP contribution is 2.40. The smallest absolute Gasteiger partial charge is 0.241 e. The van der Waals surface area contributed by atoms with Gasteiger partial charge in [-0.05, 0) is 12.1 Å². The molecule has 3 rings (SSSR count). The van der Waals surface area contributed by atoms with Gasteiger partial charge in [-0.1, -0.05) is 34.5 Å². The van der Waals surface area contributed by atoms with E-state index in [1.807, 2.05) is 0 Å². The summed E-state index contributed by atoms with van der Waals surface area (Å²) < 4.78 is 15.2. The molecule has 0 aliphatic carbocycles. The van der Waals surface area contributed by atoms with Gasteiger partial charge in [-0.25, -0.2) is 14.1 Å². The quantitative estimate of drug-likeness (QED) is 0.525. The largest absolute Gasteiger partial charge is 0.301 e. The van der Waals surface area contributed by atoms with Gasteiger partial charge < -0.3 is 5.32 Å². The van der Waals surface area contributed by atoms with Crippen molar-refractivity contribution in [3.05, 3.63) is 40.6 Å². The predicted octanol–water partition coefficient (Wildman–Crippen LogP) is 4.01. The average Bonchev–Trinajstić information content (AvgIpc) is 3.20. The molecule has 1 amide bonds. The molecular weight excluding hydrogens is 400 g/mol. The third-order valence-electron chi connectivity index (χ3n) is 2.87. The van der Waals surface area contributed by atoms with Gasteiger partial charge >= 0.3 is 0 Å². The van der Waals surface area contributed by atoms with Gasteiger partial charge in [-0.3, -0.25) is 4.79 Å². The first kappa shape index (κ1) is 17.1. The van der Waals surface area contributed by atoms with Crippen LogP contribution in [0.5, 0.6) is 0 Å². The van der Waals surface area contributed by atoms with E-state index in [9.17, 15) is 9.18 Å². The maximum absolute atomic E-state index is 13.9. The lowest BCUT2D eigenvalue weighted by Gasteiger charge is -2.05. The molecule has 11 heteroatoms. The van der Waals surface area contributed by atoms with E-state index in [-0.39, 0.29) is 21.1 Å². The molecule has 0 atom stereocenters. The molecular formula is C13H7Cl3FN5OS. The third kappa shape index (κ3) is 3.36. The van der Waals surface area contributed by atoms with E-state index >= 15 is 0 Å². The van der Waals surface area contributed by atoms with Crippen molar-refractivity contribution in [1.82, 2.24) is 19.7 Å². The van der Waals surface area contributed by atoms with Gasteiger partial charge in [0.15, 0.2) is 10.9 Å². The van der Waals surface area contributed by atoms with Crippen LogP contribution in [-0.2, 0) is 4.79 Å². The molecule has 0 fully saturated rings. The number of halogens is 4. The molecule has 0 aliphatic heterocycles. The minimum Gasteiger partial charge on any atom is -0.301 e. The summed E-state index contributed by atoms with van der Waals surface area (Å²) in [6.45, 7) is 0. The van der Waals surface area contributed by atoms with Crippen molar-refractivity contribution in [2.75, 3.05) is 11.2 Å². The van der Waals surface area contributed by atoms with Gasteiger partial charge in [0.25, 0.3) is 0 Å². The lowest BCUT2D eigenvalue weighted by atomic mass is 10.2. The Morgan fingerprint density at radius 2 is 2.12 bits per heavy atom. The number of benzene rings is 1. The number of carbonyl (C=O) groups excluding carboxylic acids is 1. The molecule has 0 unspecified atom stereocenters. The summed E-state index contributed by atoms with van der Waals surface area (Å²) in [4.78, 5) is 20.1. The maximum atomic E-state index is 13.9. The minimum absolute atomic E-state index is 0.0914. The predicted molar refractivity (Wildman–Crippen MR) is 91.8 cm³/mol. The number of hydrogen-bond donors (Lipinski definition) is 1. The minimum atomic E-state index is -0.625. The normalized spacial score (nSPS) is 10.8. The van der Waals surface area contributed by atoms with Crippen LogP contribution in [0, 0.1) is 5.82 Å². The molecule has 1 aromatic carbocycles. The monoisotopic (exact) mass is 405 g/mol. The number of alkyl halides is 1. The van der Waals surface area contributed by atoms with Crippen LogP contribution >= 0.6 is 46.1 Å². The number of carbonyl (C=O) groups is 1. The fraction of sp³-hybridized carbons (Fsp3) is 0.0769. The maximum Gasteiger partial charge on any atom is 0.241 e. The second kappa shape index (κ2) is 7.02. The summed E-state index contributed by atoms with van der Waals surface area (Å²) in [5.41, 5.74) is 0.368. The first-order chi connectivity index (χ1) is 11.5. The highest BCUT2D eigenvalue weighted by Gasteiger charge is 2.20. The molecule has 1 N–H and O–H groups in total. The van der Waals surface area contributed by atoms with E-state index in [1.54, 1.807) is 0 Å². The van der Waals surface area contributed by atoms with E-state index in [0.29, 0.717) is 16.3 Å². The number of aromatic nitrogens is 4. The van der Waals surface area contributed by atoms with Gasteiger partial charge in [0.05, 0.1) is 14.9 Å². The number of rotatable bonds is 4. The summed E-state index contributed by atoms with van der Waals surface area (Å²) in [6.07, 6.45) is 2.75. The van der Waals surface area contributed by atoms with E-state index in [1.165, 1.54) is 29.5 Å². The molecule has 6 nitrogen and oxygen atoms in total. The topological polar surface area (TPSA) is 72.7 Å². The number of anilines is 1. The van der Waals surface area contributed by atoms with Crippen LogP contribution in [-0.4, -0.2) is 31.5 Å². The SMILES string of the molecule is O=C(CCl)Nc1nc(-n2cncn2)c(-c2cc(F)c(Cl)cc2Cl)s1. The van der Waals surface area contributed by atoms with Crippen molar-refractivity contribution in [3.8, 4) is 16.3 Å². The Hall–Kier alpha value is -1.74. The highest BCUT2D eigenvalue weighted by molar-refractivity contribution is 7.19. The van der Waals surface area contributed by atoms with Crippen molar-refractivity contribution in [1.29, 1.82) is 0 Å². The lowest BCUT2D eigenvalue weighted by Crippen LogP contribution is -2.12. The molecule has 124 valence electrons. The number of thiazole rings is 1. The number of amides is 1. The van der Waals surface area contributed by atoms with Crippen LogP contribution in [0.2, 0.25) is 10.0 Å².